The number of nitrogens with two attached hydrogens (primary N) is 1. The molecule has 1 rings (SSSR count). The highest BCUT2D eigenvalue weighted by Gasteiger charge is 2.39. The Morgan fingerprint density at radius 2 is 2.06 bits per heavy atom. The van der Waals surface area contributed by atoms with E-state index in [0.29, 0.717) is 11.5 Å². The minimum absolute atomic E-state index is 0.0959. The van der Waals surface area contributed by atoms with E-state index in [9.17, 15) is 4.79 Å². The van der Waals surface area contributed by atoms with Crippen LogP contribution in [0, 0.1) is 11.3 Å². The molecule has 0 aromatic heterocycles. The standard InChI is InChI=1S/C14H26N2OS/c1-10(2)16(9-12(15)18)13(17)11-7-5-6-8-14(11,3)4/h10-11H,5-9H2,1-4H3,(H2,15,18). The molecule has 0 saturated heterocycles. The van der Waals surface area contributed by atoms with Crippen LogP contribution in [0.2, 0.25) is 0 Å². The zero-order chi connectivity index (χ0) is 13.9. The van der Waals surface area contributed by atoms with Crippen molar-refractivity contribution in [2.45, 2.75) is 59.4 Å². The highest BCUT2D eigenvalue weighted by atomic mass is 32.1. The van der Waals surface area contributed by atoms with Crippen LogP contribution in [0.3, 0.4) is 0 Å². The van der Waals surface area contributed by atoms with E-state index in [-0.39, 0.29) is 23.3 Å². The van der Waals surface area contributed by atoms with Crippen molar-refractivity contribution in [3.8, 4) is 0 Å². The van der Waals surface area contributed by atoms with Gasteiger partial charge in [-0.2, -0.15) is 0 Å². The van der Waals surface area contributed by atoms with E-state index in [2.05, 4.69) is 13.8 Å². The summed E-state index contributed by atoms with van der Waals surface area (Å²) in [4.78, 5) is 14.9. The van der Waals surface area contributed by atoms with E-state index in [0.717, 1.165) is 19.3 Å². The summed E-state index contributed by atoms with van der Waals surface area (Å²) >= 11 is 4.95. The number of hydrogen-bond acceptors (Lipinski definition) is 2. The largest absolute Gasteiger partial charge is 0.392 e. The molecule has 0 spiro atoms. The topological polar surface area (TPSA) is 46.3 Å². The molecule has 1 unspecified atom stereocenters. The van der Waals surface area contributed by atoms with Crippen LogP contribution in [0.5, 0.6) is 0 Å². The van der Waals surface area contributed by atoms with Gasteiger partial charge in [-0.1, -0.05) is 38.9 Å². The van der Waals surface area contributed by atoms with Crippen molar-refractivity contribution in [2.75, 3.05) is 6.54 Å². The van der Waals surface area contributed by atoms with Crippen LogP contribution in [0.1, 0.15) is 53.4 Å². The van der Waals surface area contributed by atoms with Gasteiger partial charge in [-0.25, -0.2) is 0 Å². The number of hydrogen-bond donors (Lipinski definition) is 1. The average molecular weight is 270 g/mol. The summed E-state index contributed by atoms with van der Waals surface area (Å²) < 4.78 is 0. The molecule has 2 N–H and O–H groups in total. The van der Waals surface area contributed by atoms with Gasteiger partial charge in [0, 0.05) is 12.0 Å². The molecule has 3 nitrogen and oxygen atoms in total. The van der Waals surface area contributed by atoms with Gasteiger partial charge < -0.3 is 10.6 Å². The second kappa shape index (κ2) is 6.00. The van der Waals surface area contributed by atoms with Gasteiger partial charge >= 0.3 is 0 Å². The Balaban J connectivity index is 2.84. The smallest absolute Gasteiger partial charge is 0.226 e. The Kier molecular flexibility index (Phi) is 5.14. The molecule has 1 fully saturated rings. The number of carbonyl (C=O) groups excluding carboxylic acids is 1. The maximum Gasteiger partial charge on any atom is 0.226 e. The highest BCUT2D eigenvalue weighted by Crippen LogP contribution is 2.41. The lowest BCUT2D eigenvalue weighted by molar-refractivity contribution is -0.142. The van der Waals surface area contributed by atoms with Gasteiger partial charge in [-0.05, 0) is 32.1 Å². The molecule has 0 aromatic rings. The van der Waals surface area contributed by atoms with Crippen molar-refractivity contribution in [1.29, 1.82) is 0 Å². The zero-order valence-electron chi connectivity index (χ0n) is 12.0. The van der Waals surface area contributed by atoms with Crippen molar-refractivity contribution in [2.24, 2.45) is 17.1 Å². The first-order valence-electron chi connectivity index (χ1n) is 6.84. The third-order valence-corrected chi connectivity index (χ3v) is 4.17. The third-order valence-electron chi connectivity index (χ3n) is 4.04. The van der Waals surface area contributed by atoms with Crippen LogP contribution in [0.25, 0.3) is 0 Å². The van der Waals surface area contributed by atoms with Crippen LogP contribution >= 0.6 is 12.2 Å². The molecular formula is C14H26N2OS. The van der Waals surface area contributed by atoms with E-state index < -0.39 is 0 Å². The fourth-order valence-electron chi connectivity index (χ4n) is 2.83. The van der Waals surface area contributed by atoms with Crippen LogP contribution < -0.4 is 5.73 Å². The quantitative estimate of drug-likeness (QED) is 0.799. The molecule has 1 aliphatic rings. The van der Waals surface area contributed by atoms with Gasteiger partial charge in [0.25, 0.3) is 0 Å². The summed E-state index contributed by atoms with van der Waals surface area (Å²) in [6.45, 7) is 8.85. The molecule has 1 atom stereocenters. The first-order valence-corrected chi connectivity index (χ1v) is 7.25. The normalized spacial score (nSPS) is 22.8. The van der Waals surface area contributed by atoms with Gasteiger partial charge in [-0.3, -0.25) is 4.79 Å². The fourth-order valence-corrected chi connectivity index (χ4v) is 2.97. The molecular weight excluding hydrogens is 244 g/mol. The molecule has 0 aromatic carbocycles. The summed E-state index contributed by atoms with van der Waals surface area (Å²) in [6, 6.07) is 0.150. The van der Waals surface area contributed by atoms with E-state index in [1.54, 1.807) is 0 Å². The molecule has 1 aliphatic carbocycles. The second-order valence-electron chi connectivity index (χ2n) is 6.31. The lowest BCUT2D eigenvalue weighted by Gasteiger charge is -2.41. The fraction of sp³-hybridized carbons (Fsp3) is 0.857. The Morgan fingerprint density at radius 3 is 2.50 bits per heavy atom. The number of rotatable bonds is 4. The first kappa shape index (κ1) is 15.4. The van der Waals surface area contributed by atoms with Crippen molar-refractivity contribution in [3.63, 3.8) is 0 Å². The highest BCUT2D eigenvalue weighted by molar-refractivity contribution is 7.80. The minimum atomic E-state index is 0.0959. The Bertz CT molecular complexity index is 326. The summed E-state index contributed by atoms with van der Waals surface area (Å²) in [5.74, 6) is 0.338. The van der Waals surface area contributed by atoms with Gasteiger partial charge in [-0.15, -0.1) is 0 Å². The summed E-state index contributed by atoms with van der Waals surface area (Å²) in [7, 11) is 0. The van der Waals surface area contributed by atoms with Gasteiger partial charge in [0.05, 0.1) is 11.5 Å². The molecule has 0 bridgehead atoms. The lowest BCUT2D eigenvalue weighted by atomic mass is 9.68. The van der Waals surface area contributed by atoms with E-state index >= 15 is 0 Å². The van der Waals surface area contributed by atoms with Crippen LogP contribution in [-0.4, -0.2) is 28.4 Å². The van der Waals surface area contributed by atoms with Gasteiger partial charge in [0.15, 0.2) is 0 Å². The first-order chi connectivity index (χ1) is 8.25. The lowest BCUT2D eigenvalue weighted by Crippen LogP contribution is -2.49. The monoisotopic (exact) mass is 270 g/mol. The number of thiocarbonyl (C=S) groups is 1. The summed E-state index contributed by atoms with van der Waals surface area (Å²) in [5, 5.41) is 0. The van der Waals surface area contributed by atoms with Crippen LogP contribution in [-0.2, 0) is 4.79 Å². The van der Waals surface area contributed by atoms with E-state index in [4.69, 9.17) is 18.0 Å². The predicted octanol–water partition coefficient (Wildman–Crippen LogP) is 2.73. The molecule has 0 heterocycles. The van der Waals surface area contributed by atoms with Crippen LogP contribution in [0.15, 0.2) is 0 Å². The molecule has 0 aliphatic heterocycles. The molecule has 0 radical (unpaired) electrons. The van der Waals surface area contributed by atoms with Gasteiger partial charge in [0.2, 0.25) is 5.91 Å². The van der Waals surface area contributed by atoms with Crippen molar-refractivity contribution in [1.82, 2.24) is 4.90 Å². The maximum atomic E-state index is 12.7. The molecule has 1 amide bonds. The Hall–Kier alpha value is -0.640. The SMILES string of the molecule is CC(C)N(CC(N)=S)C(=O)C1CCCCC1(C)C. The van der Waals surface area contributed by atoms with Crippen molar-refractivity contribution in [3.05, 3.63) is 0 Å². The zero-order valence-corrected chi connectivity index (χ0v) is 12.8. The predicted molar refractivity (Wildman–Crippen MR) is 79.4 cm³/mol. The van der Waals surface area contributed by atoms with Crippen molar-refractivity contribution >= 4 is 23.1 Å². The average Bonchev–Trinajstić information content (AvgIpc) is 2.23. The van der Waals surface area contributed by atoms with E-state index in [1.165, 1.54) is 6.42 Å². The summed E-state index contributed by atoms with van der Waals surface area (Å²) in [5.41, 5.74) is 5.70. The minimum Gasteiger partial charge on any atom is -0.392 e. The summed E-state index contributed by atoms with van der Waals surface area (Å²) in [6.07, 6.45) is 4.50. The number of amides is 1. The Morgan fingerprint density at radius 1 is 1.44 bits per heavy atom. The van der Waals surface area contributed by atoms with Crippen LogP contribution in [0.4, 0.5) is 0 Å². The maximum absolute atomic E-state index is 12.7. The molecule has 1 saturated carbocycles. The van der Waals surface area contributed by atoms with E-state index in [1.807, 2.05) is 18.7 Å². The second-order valence-corrected chi connectivity index (χ2v) is 6.84. The van der Waals surface area contributed by atoms with Crippen molar-refractivity contribution < 1.29 is 4.79 Å². The Labute approximate surface area is 116 Å². The number of nitrogens with zero attached hydrogens (tertiary/aromatic N) is 1. The third kappa shape index (κ3) is 3.67. The number of carbonyl (C=O) groups is 1. The van der Waals surface area contributed by atoms with Gasteiger partial charge in [0.1, 0.15) is 0 Å². The molecule has 104 valence electrons. The molecule has 18 heavy (non-hydrogen) atoms. The molecule has 4 heteroatoms.